The lowest BCUT2D eigenvalue weighted by Gasteiger charge is -2.12. The molecule has 3 N–H and O–H groups in total. The van der Waals surface area contributed by atoms with Gasteiger partial charge in [-0.05, 0) is 31.9 Å². The van der Waals surface area contributed by atoms with E-state index in [9.17, 15) is 0 Å². The molecule has 1 aliphatic carbocycles. The van der Waals surface area contributed by atoms with Gasteiger partial charge >= 0.3 is 0 Å². The summed E-state index contributed by atoms with van der Waals surface area (Å²) in [6.07, 6.45) is 2.34. The van der Waals surface area contributed by atoms with Gasteiger partial charge in [-0.15, -0.1) is 11.3 Å². The second kappa shape index (κ2) is 4.41. The lowest BCUT2D eigenvalue weighted by molar-refractivity contribution is 0.721. The van der Waals surface area contributed by atoms with Crippen LogP contribution in [0.5, 0.6) is 0 Å². The molecular formula is C10H14ClN3S. The van der Waals surface area contributed by atoms with Crippen molar-refractivity contribution in [1.82, 2.24) is 5.32 Å². The number of nitrogens with one attached hydrogen (secondary N) is 1. The molecule has 82 valence electrons. The maximum Gasteiger partial charge on any atom is 0.189 e. The number of hydrogen-bond acceptors (Lipinski definition) is 2. The second-order valence-electron chi connectivity index (χ2n) is 3.75. The molecule has 1 unspecified atom stereocenters. The van der Waals surface area contributed by atoms with E-state index in [1.807, 2.05) is 12.1 Å². The van der Waals surface area contributed by atoms with Gasteiger partial charge in [-0.25, -0.2) is 0 Å². The lowest BCUT2D eigenvalue weighted by Crippen LogP contribution is -2.33. The van der Waals surface area contributed by atoms with E-state index in [-0.39, 0.29) is 6.04 Å². The zero-order chi connectivity index (χ0) is 10.8. The molecule has 1 aliphatic rings. The van der Waals surface area contributed by atoms with E-state index in [2.05, 4.69) is 17.2 Å². The van der Waals surface area contributed by atoms with Crippen molar-refractivity contribution in [2.45, 2.75) is 31.8 Å². The third kappa shape index (κ3) is 3.11. The van der Waals surface area contributed by atoms with E-state index < -0.39 is 0 Å². The minimum Gasteiger partial charge on any atom is -0.370 e. The number of rotatable bonds is 3. The molecule has 0 aliphatic heterocycles. The fourth-order valence-electron chi connectivity index (χ4n) is 1.29. The maximum absolute atomic E-state index is 5.86. The molecule has 0 spiro atoms. The van der Waals surface area contributed by atoms with Crippen molar-refractivity contribution in [3.8, 4) is 0 Å². The van der Waals surface area contributed by atoms with Gasteiger partial charge in [0.05, 0.1) is 16.4 Å². The molecule has 1 aromatic rings. The Labute approximate surface area is 98.3 Å². The fraction of sp³-hybridized carbons (Fsp3) is 0.500. The minimum absolute atomic E-state index is 0.171. The van der Waals surface area contributed by atoms with Crippen LogP contribution in [0.2, 0.25) is 4.34 Å². The number of nitrogens with two attached hydrogens (primary N) is 1. The van der Waals surface area contributed by atoms with Crippen LogP contribution in [-0.4, -0.2) is 12.0 Å². The molecule has 1 fully saturated rings. The highest BCUT2D eigenvalue weighted by Crippen LogP contribution is 2.27. The highest BCUT2D eigenvalue weighted by Gasteiger charge is 2.20. The smallest absolute Gasteiger partial charge is 0.189 e. The number of nitrogens with zero attached hydrogens (tertiary/aromatic N) is 1. The Bertz CT molecular complexity index is 370. The summed E-state index contributed by atoms with van der Waals surface area (Å²) in [4.78, 5) is 5.49. The third-order valence-electron chi connectivity index (χ3n) is 2.25. The SMILES string of the molecule is CC(NC(N)=NC1CC1)c1ccc(Cl)s1. The highest BCUT2D eigenvalue weighted by molar-refractivity contribution is 7.16. The maximum atomic E-state index is 5.86. The Hall–Kier alpha value is -0.740. The number of aliphatic imine (C=N–C) groups is 1. The Morgan fingerprint density at radius 2 is 2.40 bits per heavy atom. The van der Waals surface area contributed by atoms with Gasteiger partial charge < -0.3 is 11.1 Å². The zero-order valence-corrected chi connectivity index (χ0v) is 10.1. The molecule has 1 aromatic heterocycles. The number of thiophene rings is 1. The van der Waals surface area contributed by atoms with Gasteiger partial charge in [-0.1, -0.05) is 11.6 Å². The van der Waals surface area contributed by atoms with Crippen LogP contribution in [0.25, 0.3) is 0 Å². The highest BCUT2D eigenvalue weighted by atomic mass is 35.5. The average molecular weight is 244 g/mol. The van der Waals surface area contributed by atoms with Gasteiger partial charge in [0.25, 0.3) is 0 Å². The van der Waals surface area contributed by atoms with E-state index in [4.69, 9.17) is 17.3 Å². The minimum atomic E-state index is 0.171. The Morgan fingerprint density at radius 3 is 2.93 bits per heavy atom. The Balaban J connectivity index is 1.93. The molecule has 0 saturated heterocycles. The van der Waals surface area contributed by atoms with E-state index in [0.29, 0.717) is 12.0 Å². The fourth-order valence-corrected chi connectivity index (χ4v) is 2.35. The Morgan fingerprint density at radius 1 is 1.67 bits per heavy atom. The van der Waals surface area contributed by atoms with Crippen molar-refractivity contribution in [2.75, 3.05) is 0 Å². The van der Waals surface area contributed by atoms with Crippen LogP contribution < -0.4 is 11.1 Å². The topological polar surface area (TPSA) is 50.4 Å². The van der Waals surface area contributed by atoms with E-state index >= 15 is 0 Å². The summed E-state index contributed by atoms with van der Waals surface area (Å²) in [5, 5.41) is 3.16. The normalized spacial score (nSPS) is 18.9. The molecule has 1 atom stereocenters. The van der Waals surface area contributed by atoms with E-state index in [0.717, 1.165) is 4.34 Å². The van der Waals surface area contributed by atoms with Crippen molar-refractivity contribution >= 4 is 28.9 Å². The molecule has 2 rings (SSSR count). The van der Waals surface area contributed by atoms with Gasteiger partial charge in [0, 0.05) is 4.88 Å². The molecule has 0 aromatic carbocycles. The largest absolute Gasteiger partial charge is 0.370 e. The monoisotopic (exact) mass is 243 g/mol. The van der Waals surface area contributed by atoms with Gasteiger partial charge in [0.15, 0.2) is 5.96 Å². The summed E-state index contributed by atoms with van der Waals surface area (Å²) < 4.78 is 0.802. The predicted molar refractivity (Wildman–Crippen MR) is 65.5 cm³/mol. The first-order chi connectivity index (χ1) is 7.15. The second-order valence-corrected chi connectivity index (χ2v) is 5.50. The first kappa shape index (κ1) is 10.8. The van der Waals surface area contributed by atoms with Crippen molar-refractivity contribution in [2.24, 2.45) is 10.7 Å². The van der Waals surface area contributed by atoms with E-state index in [1.165, 1.54) is 17.7 Å². The Kier molecular flexibility index (Phi) is 3.17. The third-order valence-corrected chi connectivity index (χ3v) is 3.67. The van der Waals surface area contributed by atoms with Gasteiger partial charge in [0.2, 0.25) is 0 Å². The summed E-state index contributed by atoms with van der Waals surface area (Å²) >= 11 is 7.43. The molecule has 1 heterocycles. The zero-order valence-electron chi connectivity index (χ0n) is 8.53. The van der Waals surface area contributed by atoms with Crippen LogP contribution in [0, 0.1) is 0 Å². The van der Waals surface area contributed by atoms with E-state index in [1.54, 1.807) is 11.3 Å². The quantitative estimate of drug-likeness (QED) is 0.633. The first-order valence-electron chi connectivity index (χ1n) is 5.00. The van der Waals surface area contributed by atoms with Crippen molar-refractivity contribution in [3.63, 3.8) is 0 Å². The molecule has 0 amide bonds. The molecule has 5 heteroatoms. The number of halogens is 1. The van der Waals surface area contributed by atoms with Crippen molar-refractivity contribution in [3.05, 3.63) is 21.3 Å². The first-order valence-corrected chi connectivity index (χ1v) is 6.19. The number of hydrogen-bond donors (Lipinski definition) is 2. The molecule has 0 radical (unpaired) electrons. The van der Waals surface area contributed by atoms with Crippen LogP contribution in [0.1, 0.15) is 30.7 Å². The van der Waals surface area contributed by atoms with Crippen LogP contribution >= 0.6 is 22.9 Å². The van der Waals surface area contributed by atoms with Gasteiger partial charge in [-0.3, -0.25) is 4.99 Å². The molecule has 1 saturated carbocycles. The molecule has 0 bridgehead atoms. The van der Waals surface area contributed by atoms with Crippen LogP contribution in [0.15, 0.2) is 17.1 Å². The number of guanidine groups is 1. The molecular weight excluding hydrogens is 230 g/mol. The summed E-state index contributed by atoms with van der Waals surface area (Å²) in [5.41, 5.74) is 5.77. The summed E-state index contributed by atoms with van der Waals surface area (Å²) in [6.45, 7) is 2.05. The summed E-state index contributed by atoms with van der Waals surface area (Å²) in [7, 11) is 0. The average Bonchev–Trinajstić information content (AvgIpc) is 2.85. The van der Waals surface area contributed by atoms with Crippen LogP contribution in [-0.2, 0) is 0 Å². The summed E-state index contributed by atoms with van der Waals surface area (Å²) in [6, 6.07) is 4.53. The lowest BCUT2D eigenvalue weighted by atomic mass is 10.3. The van der Waals surface area contributed by atoms with Gasteiger partial charge in [-0.2, -0.15) is 0 Å². The predicted octanol–water partition coefficient (Wildman–Crippen LogP) is 2.53. The van der Waals surface area contributed by atoms with Crippen LogP contribution in [0.4, 0.5) is 0 Å². The van der Waals surface area contributed by atoms with Crippen LogP contribution in [0.3, 0.4) is 0 Å². The van der Waals surface area contributed by atoms with Crippen molar-refractivity contribution < 1.29 is 0 Å². The standard InChI is InChI=1S/C10H14ClN3S/c1-6(8-4-5-9(11)15-8)13-10(12)14-7-2-3-7/h4-7H,2-3H2,1H3,(H3,12,13,14). The molecule has 15 heavy (non-hydrogen) atoms. The summed E-state index contributed by atoms with van der Waals surface area (Å²) in [5.74, 6) is 0.537. The van der Waals surface area contributed by atoms with Gasteiger partial charge in [0.1, 0.15) is 0 Å². The van der Waals surface area contributed by atoms with Crippen molar-refractivity contribution in [1.29, 1.82) is 0 Å². The molecule has 3 nitrogen and oxygen atoms in total.